The zero-order chi connectivity index (χ0) is 9.42. The van der Waals surface area contributed by atoms with Crippen molar-refractivity contribution in [3.05, 3.63) is 35.2 Å². The van der Waals surface area contributed by atoms with Gasteiger partial charge in [0.05, 0.1) is 5.02 Å². The molecule has 2 rings (SSSR count). The summed E-state index contributed by atoms with van der Waals surface area (Å²) in [5.41, 5.74) is 1.19. The van der Waals surface area contributed by atoms with Crippen molar-refractivity contribution in [2.75, 3.05) is 0 Å². The Morgan fingerprint density at radius 1 is 1.46 bits per heavy atom. The van der Waals surface area contributed by atoms with Gasteiger partial charge >= 0.3 is 0 Å². The van der Waals surface area contributed by atoms with Gasteiger partial charge in [0.25, 0.3) is 0 Å². The van der Waals surface area contributed by atoms with Gasteiger partial charge in [0.15, 0.2) is 5.78 Å². The molecule has 2 heterocycles. The van der Waals surface area contributed by atoms with E-state index >= 15 is 0 Å². The quantitative estimate of drug-likeness (QED) is 0.653. The number of rotatable bonds is 1. The maximum atomic E-state index is 11.0. The largest absolute Gasteiger partial charge is 0.305 e. The summed E-state index contributed by atoms with van der Waals surface area (Å²) in [7, 11) is 0. The monoisotopic (exact) mass is 194 g/mol. The molecule has 3 nitrogen and oxygen atoms in total. The van der Waals surface area contributed by atoms with Crippen LogP contribution in [-0.2, 0) is 0 Å². The van der Waals surface area contributed by atoms with Gasteiger partial charge in [-0.25, -0.2) is 4.98 Å². The zero-order valence-corrected chi connectivity index (χ0v) is 7.75. The lowest BCUT2D eigenvalue weighted by atomic mass is 10.3. The minimum absolute atomic E-state index is 0.0418. The SMILES string of the molecule is CC(=O)c1cn2cc(Cl)ccc2n1. The summed E-state index contributed by atoms with van der Waals surface area (Å²) in [6.07, 6.45) is 3.39. The first-order chi connectivity index (χ1) is 6.16. The standard InChI is InChI=1S/C9H7ClN2O/c1-6(13)8-5-12-4-7(10)2-3-9(12)11-8/h2-5H,1H3. The number of hydrogen-bond acceptors (Lipinski definition) is 2. The third kappa shape index (κ3) is 1.42. The number of hydrogen-bond donors (Lipinski definition) is 0. The summed E-state index contributed by atoms with van der Waals surface area (Å²) in [5.74, 6) is -0.0418. The molecule has 0 saturated heterocycles. The zero-order valence-electron chi connectivity index (χ0n) is 6.99. The number of imidazole rings is 1. The highest BCUT2D eigenvalue weighted by Gasteiger charge is 2.04. The fraction of sp³-hybridized carbons (Fsp3) is 0.111. The van der Waals surface area contributed by atoms with Crippen molar-refractivity contribution >= 4 is 23.0 Å². The predicted octanol–water partition coefficient (Wildman–Crippen LogP) is 2.19. The number of aromatic nitrogens is 2. The summed E-state index contributed by atoms with van der Waals surface area (Å²) in [4.78, 5) is 15.1. The maximum Gasteiger partial charge on any atom is 0.179 e. The average Bonchev–Trinajstić information content (AvgIpc) is 2.46. The molecule has 0 N–H and O–H groups in total. The molecule has 0 spiro atoms. The smallest absolute Gasteiger partial charge is 0.179 e. The van der Waals surface area contributed by atoms with Crippen LogP contribution in [0.25, 0.3) is 5.65 Å². The van der Waals surface area contributed by atoms with Crippen molar-refractivity contribution in [2.45, 2.75) is 6.92 Å². The summed E-state index contributed by atoms with van der Waals surface area (Å²) >= 11 is 5.77. The Labute approximate surface area is 80.0 Å². The van der Waals surface area contributed by atoms with E-state index in [1.54, 1.807) is 28.9 Å². The first-order valence-corrected chi connectivity index (χ1v) is 4.20. The minimum atomic E-state index is -0.0418. The third-order valence-corrected chi connectivity index (χ3v) is 2.00. The van der Waals surface area contributed by atoms with Crippen LogP contribution in [0.5, 0.6) is 0 Å². The van der Waals surface area contributed by atoms with Gasteiger partial charge in [0.1, 0.15) is 11.3 Å². The highest BCUT2D eigenvalue weighted by atomic mass is 35.5. The molecular formula is C9H7ClN2O. The fourth-order valence-electron chi connectivity index (χ4n) is 1.13. The third-order valence-electron chi connectivity index (χ3n) is 1.78. The molecule has 0 atom stereocenters. The molecule has 0 aliphatic rings. The molecule has 0 bridgehead atoms. The Bertz CT molecular complexity index is 475. The lowest BCUT2D eigenvalue weighted by Crippen LogP contribution is -1.89. The van der Waals surface area contributed by atoms with E-state index in [-0.39, 0.29) is 5.78 Å². The number of fused-ring (bicyclic) bond motifs is 1. The first-order valence-electron chi connectivity index (χ1n) is 3.82. The summed E-state index contributed by atoms with van der Waals surface area (Å²) in [6.45, 7) is 1.49. The number of carbonyl (C=O) groups is 1. The Balaban J connectivity index is 2.68. The molecule has 0 fully saturated rings. The fourth-order valence-corrected chi connectivity index (χ4v) is 1.30. The summed E-state index contributed by atoms with van der Waals surface area (Å²) < 4.78 is 1.74. The van der Waals surface area contributed by atoms with Gasteiger partial charge in [-0.15, -0.1) is 0 Å². The number of ketones is 1. The Morgan fingerprint density at radius 3 is 2.92 bits per heavy atom. The summed E-state index contributed by atoms with van der Waals surface area (Å²) in [6, 6.07) is 3.52. The van der Waals surface area contributed by atoms with Gasteiger partial charge in [0.2, 0.25) is 0 Å². The Kier molecular flexibility index (Phi) is 1.81. The Morgan fingerprint density at radius 2 is 2.23 bits per heavy atom. The van der Waals surface area contributed by atoms with Crippen molar-refractivity contribution in [3.63, 3.8) is 0 Å². The van der Waals surface area contributed by atoms with Crippen molar-refractivity contribution in [1.29, 1.82) is 0 Å². The van der Waals surface area contributed by atoms with Crippen LogP contribution in [-0.4, -0.2) is 15.2 Å². The van der Waals surface area contributed by atoms with Crippen LogP contribution in [0.4, 0.5) is 0 Å². The van der Waals surface area contributed by atoms with Crippen LogP contribution >= 0.6 is 11.6 Å². The average molecular weight is 195 g/mol. The molecule has 2 aromatic rings. The molecule has 66 valence electrons. The van der Waals surface area contributed by atoms with Crippen LogP contribution < -0.4 is 0 Å². The molecule has 0 aromatic carbocycles. The van der Waals surface area contributed by atoms with E-state index in [1.807, 2.05) is 0 Å². The van der Waals surface area contributed by atoms with Gasteiger partial charge in [0, 0.05) is 19.3 Å². The number of nitrogens with zero attached hydrogens (tertiary/aromatic N) is 2. The second kappa shape index (κ2) is 2.85. The Hall–Kier alpha value is -1.35. The van der Waals surface area contributed by atoms with E-state index in [4.69, 9.17) is 11.6 Å². The molecule has 0 saturated carbocycles. The van der Waals surface area contributed by atoms with E-state index in [2.05, 4.69) is 4.98 Å². The molecule has 0 radical (unpaired) electrons. The molecule has 0 aliphatic carbocycles. The van der Waals surface area contributed by atoms with Crippen LogP contribution in [0, 0.1) is 0 Å². The van der Waals surface area contributed by atoms with Gasteiger partial charge in [-0.2, -0.15) is 0 Å². The van der Waals surface area contributed by atoms with E-state index in [0.29, 0.717) is 10.7 Å². The molecule has 2 aromatic heterocycles. The molecule has 0 aliphatic heterocycles. The second-order valence-electron chi connectivity index (χ2n) is 2.80. The highest BCUT2D eigenvalue weighted by molar-refractivity contribution is 6.30. The number of carbonyl (C=O) groups excluding carboxylic acids is 1. The number of Topliss-reactive ketones (excluding diaryl/α,β-unsaturated/α-hetero) is 1. The van der Waals surface area contributed by atoms with Crippen molar-refractivity contribution < 1.29 is 4.79 Å². The lowest BCUT2D eigenvalue weighted by Gasteiger charge is -1.91. The van der Waals surface area contributed by atoms with Crippen LogP contribution in [0.3, 0.4) is 0 Å². The maximum absolute atomic E-state index is 11.0. The van der Waals surface area contributed by atoms with E-state index in [0.717, 1.165) is 5.65 Å². The van der Waals surface area contributed by atoms with Crippen molar-refractivity contribution in [1.82, 2.24) is 9.38 Å². The normalized spacial score (nSPS) is 10.6. The molecule has 4 heteroatoms. The van der Waals surface area contributed by atoms with E-state index in [1.165, 1.54) is 6.92 Å². The van der Waals surface area contributed by atoms with Crippen molar-refractivity contribution in [2.24, 2.45) is 0 Å². The van der Waals surface area contributed by atoms with E-state index in [9.17, 15) is 4.79 Å². The number of pyridine rings is 1. The van der Waals surface area contributed by atoms with Gasteiger partial charge in [-0.3, -0.25) is 4.79 Å². The number of halogens is 1. The molecule has 0 unspecified atom stereocenters. The topological polar surface area (TPSA) is 34.4 Å². The summed E-state index contributed by atoms with van der Waals surface area (Å²) in [5, 5.41) is 0.625. The molecular weight excluding hydrogens is 188 g/mol. The highest BCUT2D eigenvalue weighted by Crippen LogP contribution is 2.11. The van der Waals surface area contributed by atoms with Crippen LogP contribution in [0.1, 0.15) is 17.4 Å². The first kappa shape index (κ1) is 8.26. The van der Waals surface area contributed by atoms with Gasteiger partial charge in [-0.1, -0.05) is 11.6 Å². The predicted molar refractivity (Wildman–Crippen MR) is 50.2 cm³/mol. The van der Waals surface area contributed by atoms with Crippen LogP contribution in [0.2, 0.25) is 5.02 Å². The van der Waals surface area contributed by atoms with Crippen LogP contribution in [0.15, 0.2) is 24.5 Å². The molecule has 13 heavy (non-hydrogen) atoms. The minimum Gasteiger partial charge on any atom is -0.305 e. The van der Waals surface area contributed by atoms with Gasteiger partial charge in [-0.05, 0) is 12.1 Å². The van der Waals surface area contributed by atoms with Crippen molar-refractivity contribution in [3.8, 4) is 0 Å². The van der Waals surface area contributed by atoms with E-state index < -0.39 is 0 Å². The van der Waals surface area contributed by atoms with Gasteiger partial charge < -0.3 is 4.40 Å². The molecule has 0 amide bonds. The second-order valence-corrected chi connectivity index (χ2v) is 3.23. The lowest BCUT2D eigenvalue weighted by molar-refractivity contribution is 0.101.